The minimum atomic E-state index is -2.94. The molecule has 0 aromatic carbocycles. The van der Waals surface area contributed by atoms with Gasteiger partial charge in [-0.25, -0.2) is 8.42 Å². The minimum Gasteiger partial charge on any atom is -0.308 e. The molecule has 0 heterocycles. The van der Waals surface area contributed by atoms with Gasteiger partial charge in [0.25, 0.3) is 0 Å². The Kier molecular flexibility index (Phi) is 5.45. The number of carbonyl (C=O) groups is 1. The van der Waals surface area contributed by atoms with Crippen LogP contribution in [0, 0.1) is 0 Å². The lowest BCUT2D eigenvalue weighted by Gasteiger charge is -2.21. The van der Waals surface area contributed by atoms with Crippen LogP contribution in [0.1, 0.15) is 33.6 Å². The summed E-state index contributed by atoms with van der Waals surface area (Å²) < 4.78 is 22.3. The summed E-state index contributed by atoms with van der Waals surface area (Å²) in [6.45, 7) is 5.21. The Hall–Kier alpha value is -0.420. The molecule has 5 heteroatoms. The van der Waals surface area contributed by atoms with Gasteiger partial charge in [0, 0.05) is 12.2 Å². The van der Waals surface area contributed by atoms with Crippen LogP contribution in [0.5, 0.6) is 0 Å². The van der Waals surface area contributed by atoms with Gasteiger partial charge in [-0.2, -0.15) is 0 Å². The highest BCUT2D eigenvalue weighted by molar-refractivity contribution is 7.91. The highest BCUT2D eigenvalue weighted by Gasteiger charge is 2.24. The number of hydrogen-bond donors (Lipinski definition) is 1. The number of hydrogen-bond acceptors (Lipinski definition) is 4. The number of rotatable bonds is 7. The molecule has 0 aromatic rings. The maximum absolute atomic E-state index is 11.6. The maximum atomic E-state index is 11.6. The fourth-order valence-electron chi connectivity index (χ4n) is 1.05. The molecule has 0 radical (unpaired) electrons. The molecule has 0 aliphatic heterocycles. The Labute approximate surface area is 92.4 Å². The summed E-state index contributed by atoms with van der Waals surface area (Å²) in [7, 11) is -1.22. The molecule has 90 valence electrons. The predicted octanol–water partition coefficient (Wildman–Crippen LogP) is 0.768. The number of likely N-dealkylation sites (N-methyl/N-ethyl adjacent to an activating group) is 1. The van der Waals surface area contributed by atoms with Crippen LogP contribution in [-0.2, 0) is 14.6 Å². The zero-order chi connectivity index (χ0) is 12.1. The average molecular weight is 235 g/mol. The van der Waals surface area contributed by atoms with Crippen molar-refractivity contribution >= 4 is 15.6 Å². The van der Waals surface area contributed by atoms with Gasteiger partial charge in [0.05, 0.1) is 11.3 Å². The quantitative estimate of drug-likeness (QED) is 0.708. The van der Waals surface area contributed by atoms with Gasteiger partial charge < -0.3 is 5.32 Å². The lowest BCUT2D eigenvalue weighted by Crippen LogP contribution is -2.44. The lowest BCUT2D eigenvalue weighted by atomic mass is 9.96. The van der Waals surface area contributed by atoms with Crippen LogP contribution in [0.4, 0.5) is 0 Å². The SMILES string of the molecule is CCS(=O)(=O)CCCC(=O)C(C)(C)NC. The molecule has 0 atom stereocenters. The largest absolute Gasteiger partial charge is 0.308 e. The first-order chi connectivity index (χ1) is 6.75. The van der Waals surface area contributed by atoms with Gasteiger partial charge in [-0.05, 0) is 27.3 Å². The highest BCUT2D eigenvalue weighted by Crippen LogP contribution is 2.08. The molecule has 0 fully saturated rings. The van der Waals surface area contributed by atoms with Crippen molar-refractivity contribution in [3.05, 3.63) is 0 Å². The van der Waals surface area contributed by atoms with Crippen LogP contribution in [-0.4, -0.2) is 38.3 Å². The van der Waals surface area contributed by atoms with E-state index >= 15 is 0 Å². The molecule has 0 unspecified atom stereocenters. The Balaban J connectivity index is 4.04. The molecule has 0 spiro atoms. The summed E-state index contributed by atoms with van der Waals surface area (Å²) in [5, 5.41) is 2.90. The second kappa shape index (κ2) is 5.61. The van der Waals surface area contributed by atoms with Gasteiger partial charge in [-0.1, -0.05) is 6.92 Å². The predicted molar refractivity (Wildman–Crippen MR) is 61.7 cm³/mol. The standard InChI is InChI=1S/C10H21NO3S/c1-5-15(13,14)8-6-7-9(12)10(2,3)11-4/h11H,5-8H2,1-4H3. The zero-order valence-corrected chi connectivity index (χ0v) is 10.8. The number of carbonyl (C=O) groups excluding carboxylic acids is 1. The van der Waals surface area contributed by atoms with Crippen molar-refractivity contribution in [2.24, 2.45) is 0 Å². The van der Waals surface area contributed by atoms with Crippen LogP contribution >= 0.6 is 0 Å². The van der Waals surface area contributed by atoms with Gasteiger partial charge in [0.15, 0.2) is 5.78 Å². The normalized spacial score (nSPS) is 12.8. The van der Waals surface area contributed by atoms with E-state index in [9.17, 15) is 13.2 Å². The molecular weight excluding hydrogens is 214 g/mol. The van der Waals surface area contributed by atoms with Crippen LogP contribution in [0.3, 0.4) is 0 Å². The third kappa shape index (κ3) is 5.28. The molecule has 1 N–H and O–H groups in total. The van der Waals surface area contributed by atoms with Crippen molar-refractivity contribution in [1.82, 2.24) is 5.32 Å². The first-order valence-electron chi connectivity index (χ1n) is 5.18. The van der Waals surface area contributed by atoms with Crippen molar-refractivity contribution in [2.45, 2.75) is 39.2 Å². The third-order valence-electron chi connectivity index (χ3n) is 2.62. The van der Waals surface area contributed by atoms with Crippen molar-refractivity contribution in [2.75, 3.05) is 18.6 Å². The second-order valence-corrected chi connectivity index (χ2v) is 6.61. The molecule has 15 heavy (non-hydrogen) atoms. The van der Waals surface area contributed by atoms with Crippen LogP contribution < -0.4 is 5.32 Å². The summed E-state index contributed by atoms with van der Waals surface area (Å²) in [6.07, 6.45) is 0.729. The van der Waals surface area contributed by atoms with Crippen LogP contribution in [0.2, 0.25) is 0 Å². The monoisotopic (exact) mass is 235 g/mol. The highest BCUT2D eigenvalue weighted by atomic mass is 32.2. The van der Waals surface area contributed by atoms with Gasteiger partial charge in [0.2, 0.25) is 0 Å². The number of ketones is 1. The number of Topliss-reactive ketones (excluding diaryl/α,β-unsaturated/α-hetero) is 1. The van der Waals surface area contributed by atoms with E-state index in [2.05, 4.69) is 5.32 Å². The fraction of sp³-hybridized carbons (Fsp3) is 0.900. The van der Waals surface area contributed by atoms with E-state index in [1.54, 1.807) is 27.8 Å². The first-order valence-corrected chi connectivity index (χ1v) is 7.00. The molecule has 0 amide bonds. The zero-order valence-electron chi connectivity index (χ0n) is 9.96. The molecule has 0 saturated carbocycles. The molecule has 0 rings (SSSR count). The summed E-state index contributed by atoms with van der Waals surface area (Å²) in [5.41, 5.74) is -0.560. The Morgan fingerprint density at radius 3 is 2.27 bits per heavy atom. The maximum Gasteiger partial charge on any atom is 0.152 e. The second-order valence-electron chi connectivity index (χ2n) is 4.14. The average Bonchev–Trinajstić information content (AvgIpc) is 2.17. The van der Waals surface area contributed by atoms with Crippen LogP contribution in [0.25, 0.3) is 0 Å². The van der Waals surface area contributed by atoms with E-state index in [0.717, 1.165) is 0 Å². The molecule has 0 bridgehead atoms. The van der Waals surface area contributed by atoms with Crippen molar-refractivity contribution < 1.29 is 13.2 Å². The minimum absolute atomic E-state index is 0.0521. The van der Waals surface area contributed by atoms with E-state index in [0.29, 0.717) is 12.8 Å². The first kappa shape index (κ1) is 14.6. The Bertz CT molecular complexity index is 307. The summed E-state index contributed by atoms with van der Waals surface area (Å²) in [5.74, 6) is 0.308. The third-order valence-corrected chi connectivity index (χ3v) is 4.41. The van der Waals surface area contributed by atoms with Gasteiger partial charge in [-0.3, -0.25) is 4.79 Å². The fourth-order valence-corrected chi connectivity index (χ4v) is 1.92. The Morgan fingerprint density at radius 2 is 1.87 bits per heavy atom. The number of nitrogens with one attached hydrogen (secondary N) is 1. The van der Waals surface area contributed by atoms with Crippen molar-refractivity contribution in [3.63, 3.8) is 0 Å². The van der Waals surface area contributed by atoms with E-state index in [1.165, 1.54) is 0 Å². The molecule has 0 saturated heterocycles. The van der Waals surface area contributed by atoms with Crippen molar-refractivity contribution in [3.8, 4) is 0 Å². The molecule has 0 aliphatic rings. The molecular formula is C10H21NO3S. The molecule has 0 aromatic heterocycles. The molecule has 0 aliphatic carbocycles. The van der Waals surface area contributed by atoms with Gasteiger partial charge in [-0.15, -0.1) is 0 Å². The number of sulfone groups is 1. The van der Waals surface area contributed by atoms with Crippen molar-refractivity contribution in [1.29, 1.82) is 0 Å². The smallest absolute Gasteiger partial charge is 0.152 e. The summed E-state index contributed by atoms with van der Waals surface area (Å²) in [4.78, 5) is 11.6. The van der Waals surface area contributed by atoms with Crippen LogP contribution in [0.15, 0.2) is 0 Å². The summed E-state index contributed by atoms with van der Waals surface area (Å²) >= 11 is 0. The topological polar surface area (TPSA) is 63.2 Å². The van der Waals surface area contributed by atoms with E-state index in [4.69, 9.17) is 0 Å². The van der Waals surface area contributed by atoms with Gasteiger partial charge >= 0.3 is 0 Å². The summed E-state index contributed by atoms with van der Waals surface area (Å²) in [6, 6.07) is 0. The Morgan fingerprint density at radius 1 is 1.33 bits per heavy atom. The van der Waals surface area contributed by atoms with E-state index < -0.39 is 15.4 Å². The van der Waals surface area contributed by atoms with Gasteiger partial charge in [0.1, 0.15) is 9.84 Å². The van der Waals surface area contributed by atoms with E-state index in [-0.39, 0.29) is 17.3 Å². The molecule has 4 nitrogen and oxygen atoms in total. The lowest BCUT2D eigenvalue weighted by molar-refractivity contribution is -0.124. The van der Waals surface area contributed by atoms with E-state index in [1.807, 2.05) is 0 Å².